The standard InChI is InChI=1S/C20H17N3S2/c1-2-5-16(6-3-1)18-13-25-20-22-21-19(23(18)20)24-12-14-9-10-15-7-4-8-17(15)11-14/h1-3,5-6,9-11,13H,4,7-8,12H2. The van der Waals surface area contributed by atoms with E-state index in [-0.39, 0.29) is 0 Å². The molecule has 0 radical (unpaired) electrons. The highest BCUT2D eigenvalue weighted by Gasteiger charge is 2.15. The first-order valence-electron chi connectivity index (χ1n) is 8.50. The van der Waals surface area contributed by atoms with Gasteiger partial charge < -0.3 is 0 Å². The quantitative estimate of drug-likeness (QED) is 0.465. The number of hydrogen-bond donors (Lipinski definition) is 0. The Balaban J connectivity index is 1.44. The molecular formula is C20H17N3S2. The third-order valence-corrected chi connectivity index (χ3v) is 6.54. The third-order valence-electron chi connectivity index (χ3n) is 4.72. The molecule has 0 atom stereocenters. The topological polar surface area (TPSA) is 30.2 Å². The van der Waals surface area contributed by atoms with Crippen molar-refractivity contribution in [3.05, 3.63) is 70.6 Å². The summed E-state index contributed by atoms with van der Waals surface area (Å²) in [6.07, 6.45) is 3.76. The number of rotatable bonds is 4. The predicted octanol–water partition coefficient (Wildman–Crippen LogP) is 5.24. The summed E-state index contributed by atoms with van der Waals surface area (Å²) in [6, 6.07) is 17.4. The minimum absolute atomic E-state index is 0.929. The van der Waals surface area contributed by atoms with Crippen LogP contribution in [0.25, 0.3) is 16.2 Å². The Morgan fingerprint density at radius 3 is 2.80 bits per heavy atom. The summed E-state index contributed by atoms with van der Waals surface area (Å²) >= 11 is 3.41. The zero-order valence-electron chi connectivity index (χ0n) is 13.7. The van der Waals surface area contributed by atoms with Crippen LogP contribution in [0.4, 0.5) is 0 Å². The van der Waals surface area contributed by atoms with E-state index in [1.54, 1.807) is 23.1 Å². The van der Waals surface area contributed by atoms with Crippen LogP contribution in [0.2, 0.25) is 0 Å². The SMILES string of the molecule is c1ccc(-c2csc3nnc(SCc4ccc5c(c4)CCC5)n23)cc1. The molecule has 0 N–H and O–H groups in total. The maximum absolute atomic E-state index is 4.42. The van der Waals surface area contributed by atoms with Crippen LogP contribution in [0.3, 0.4) is 0 Å². The van der Waals surface area contributed by atoms with E-state index < -0.39 is 0 Å². The summed E-state index contributed by atoms with van der Waals surface area (Å²) in [6.45, 7) is 0. The molecule has 0 bridgehead atoms. The van der Waals surface area contributed by atoms with Gasteiger partial charge in [0.2, 0.25) is 4.96 Å². The van der Waals surface area contributed by atoms with Crippen LogP contribution in [0.15, 0.2) is 59.1 Å². The zero-order valence-corrected chi connectivity index (χ0v) is 15.3. The molecule has 0 fully saturated rings. The number of aryl methyl sites for hydroxylation is 2. The van der Waals surface area contributed by atoms with Crippen molar-refractivity contribution >= 4 is 28.1 Å². The molecule has 2 aromatic heterocycles. The number of nitrogens with zero attached hydrogens (tertiary/aromatic N) is 3. The van der Waals surface area contributed by atoms with Gasteiger partial charge in [0.25, 0.3) is 0 Å². The fraction of sp³-hybridized carbons (Fsp3) is 0.200. The fourth-order valence-electron chi connectivity index (χ4n) is 3.46. The first kappa shape index (κ1) is 15.2. The van der Waals surface area contributed by atoms with Crippen molar-refractivity contribution in [3.8, 4) is 11.3 Å². The lowest BCUT2D eigenvalue weighted by Gasteiger charge is -2.05. The summed E-state index contributed by atoms with van der Waals surface area (Å²) in [5.74, 6) is 0.929. The van der Waals surface area contributed by atoms with Crippen LogP contribution >= 0.6 is 23.1 Å². The van der Waals surface area contributed by atoms with Crippen molar-refractivity contribution < 1.29 is 0 Å². The summed E-state index contributed by atoms with van der Waals surface area (Å²) in [5, 5.41) is 11.9. The monoisotopic (exact) mass is 363 g/mol. The smallest absolute Gasteiger partial charge is 0.217 e. The lowest BCUT2D eigenvalue weighted by Crippen LogP contribution is -1.91. The average molecular weight is 364 g/mol. The second-order valence-corrected chi connectivity index (χ2v) is 8.11. The number of thioether (sulfide) groups is 1. The van der Waals surface area contributed by atoms with Crippen LogP contribution in [0, 0.1) is 0 Å². The number of benzene rings is 2. The zero-order chi connectivity index (χ0) is 16.6. The van der Waals surface area contributed by atoms with Crippen molar-refractivity contribution in [2.24, 2.45) is 0 Å². The van der Waals surface area contributed by atoms with Gasteiger partial charge in [0, 0.05) is 11.1 Å². The Morgan fingerprint density at radius 1 is 1.00 bits per heavy atom. The van der Waals surface area contributed by atoms with Crippen molar-refractivity contribution in [1.29, 1.82) is 0 Å². The van der Waals surface area contributed by atoms with Gasteiger partial charge in [-0.1, -0.05) is 60.3 Å². The highest BCUT2D eigenvalue weighted by Crippen LogP contribution is 2.32. The maximum Gasteiger partial charge on any atom is 0.217 e. The molecule has 5 rings (SSSR count). The summed E-state index contributed by atoms with van der Waals surface area (Å²) in [5.41, 5.74) is 6.81. The minimum Gasteiger partial charge on any atom is -0.260 e. The molecule has 0 saturated heterocycles. The Kier molecular flexibility index (Phi) is 3.83. The molecule has 2 aromatic carbocycles. The second-order valence-electron chi connectivity index (χ2n) is 6.33. The molecule has 2 heterocycles. The largest absolute Gasteiger partial charge is 0.260 e. The van der Waals surface area contributed by atoms with Gasteiger partial charge in [0.1, 0.15) is 0 Å². The molecule has 3 nitrogen and oxygen atoms in total. The second kappa shape index (κ2) is 6.32. The van der Waals surface area contributed by atoms with Gasteiger partial charge in [-0.05, 0) is 41.5 Å². The first-order chi connectivity index (χ1) is 12.4. The molecule has 1 aliphatic rings. The predicted molar refractivity (Wildman–Crippen MR) is 104 cm³/mol. The van der Waals surface area contributed by atoms with Gasteiger partial charge in [-0.2, -0.15) is 0 Å². The highest BCUT2D eigenvalue weighted by molar-refractivity contribution is 7.98. The molecule has 124 valence electrons. The molecule has 0 amide bonds. The number of aromatic nitrogens is 3. The Labute approximate surface area is 154 Å². The third kappa shape index (κ3) is 2.77. The van der Waals surface area contributed by atoms with Crippen LogP contribution in [0.1, 0.15) is 23.1 Å². The molecule has 0 spiro atoms. The molecule has 0 unspecified atom stereocenters. The van der Waals surface area contributed by atoms with Gasteiger partial charge in [0.15, 0.2) is 5.16 Å². The van der Waals surface area contributed by atoms with E-state index >= 15 is 0 Å². The number of fused-ring (bicyclic) bond motifs is 2. The highest BCUT2D eigenvalue weighted by atomic mass is 32.2. The maximum atomic E-state index is 4.42. The van der Waals surface area contributed by atoms with Crippen LogP contribution in [0.5, 0.6) is 0 Å². The van der Waals surface area contributed by atoms with Gasteiger partial charge in [-0.25, -0.2) is 0 Å². The van der Waals surface area contributed by atoms with E-state index in [0.29, 0.717) is 0 Å². The van der Waals surface area contributed by atoms with Crippen LogP contribution in [-0.4, -0.2) is 14.6 Å². The Hall–Kier alpha value is -2.11. The normalized spacial score (nSPS) is 13.4. The van der Waals surface area contributed by atoms with Gasteiger partial charge in [-0.3, -0.25) is 4.40 Å². The minimum atomic E-state index is 0.929. The lowest BCUT2D eigenvalue weighted by atomic mass is 10.1. The van der Waals surface area contributed by atoms with Crippen LogP contribution in [-0.2, 0) is 18.6 Å². The van der Waals surface area contributed by atoms with Gasteiger partial charge in [-0.15, -0.1) is 21.5 Å². The van der Waals surface area contributed by atoms with Crippen molar-refractivity contribution in [1.82, 2.24) is 14.6 Å². The molecule has 4 aromatic rings. The molecule has 25 heavy (non-hydrogen) atoms. The van der Waals surface area contributed by atoms with Crippen molar-refractivity contribution in [2.45, 2.75) is 30.2 Å². The van der Waals surface area contributed by atoms with E-state index in [4.69, 9.17) is 0 Å². The molecule has 1 aliphatic carbocycles. The van der Waals surface area contributed by atoms with E-state index in [2.05, 4.69) is 62.4 Å². The molecular weight excluding hydrogens is 346 g/mol. The summed E-state index contributed by atoms with van der Waals surface area (Å²) in [4.78, 5) is 0.954. The Morgan fingerprint density at radius 2 is 1.88 bits per heavy atom. The number of thiazole rings is 1. The summed E-state index contributed by atoms with van der Waals surface area (Å²) in [7, 11) is 0. The van der Waals surface area contributed by atoms with Gasteiger partial charge >= 0.3 is 0 Å². The van der Waals surface area contributed by atoms with E-state index in [0.717, 1.165) is 15.9 Å². The van der Waals surface area contributed by atoms with Crippen molar-refractivity contribution in [3.63, 3.8) is 0 Å². The van der Waals surface area contributed by atoms with Crippen molar-refractivity contribution in [2.75, 3.05) is 0 Å². The van der Waals surface area contributed by atoms with Gasteiger partial charge in [0.05, 0.1) is 5.69 Å². The Bertz CT molecular complexity index is 1030. The van der Waals surface area contributed by atoms with Crippen LogP contribution < -0.4 is 0 Å². The first-order valence-corrected chi connectivity index (χ1v) is 10.4. The molecule has 0 saturated carbocycles. The summed E-state index contributed by atoms with van der Waals surface area (Å²) < 4.78 is 2.18. The molecule has 5 heteroatoms. The van der Waals surface area contributed by atoms with E-state index in [9.17, 15) is 0 Å². The fourth-order valence-corrected chi connectivity index (χ4v) is 5.25. The molecule has 0 aliphatic heterocycles. The van der Waals surface area contributed by atoms with E-state index in [1.165, 1.54) is 47.2 Å². The average Bonchev–Trinajstić information content (AvgIpc) is 3.37. The number of hydrogen-bond acceptors (Lipinski definition) is 4. The lowest BCUT2D eigenvalue weighted by molar-refractivity contribution is 0.911. The van der Waals surface area contributed by atoms with E-state index in [1.807, 2.05) is 6.07 Å².